The largest absolute Gasteiger partial charge is 0.490 e. The van der Waals surface area contributed by atoms with E-state index >= 15 is 0 Å². The van der Waals surface area contributed by atoms with Crippen molar-refractivity contribution in [1.29, 1.82) is 0 Å². The molecule has 1 heterocycles. The molecule has 1 aromatic rings. The maximum absolute atomic E-state index is 12.2. The third-order valence-corrected chi connectivity index (χ3v) is 3.48. The maximum atomic E-state index is 12.2. The Labute approximate surface area is 154 Å². The molecule has 1 aromatic carbocycles. The number of imide groups is 1. The number of ether oxygens (including phenoxy) is 2. The highest BCUT2D eigenvalue weighted by atomic mass is 35.5. The van der Waals surface area contributed by atoms with Gasteiger partial charge in [0.15, 0.2) is 11.5 Å². The molecule has 0 radical (unpaired) electrons. The van der Waals surface area contributed by atoms with E-state index in [1.54, 1.807) is 13.0 Å². The van der Waals surface area contributed by atoms with Gasteiger partial charge in [-0.1, -0.05) is 17.5 Å². The first kappa shape index (κ1) is 19.1. The number of nitrogens with one attached hydrogen (secondary N) is 1. The Hall–Kier alpha value is -3.18. The van der Waals surface area contributed by atoms with Crippen molar-refractivity contribution in [2.24, 2.45) is 0 Å². The van der Waals surface area contributed by atoms with Gasteiger partial charge < -0.3 is 19.9 Å². The molecule has 0 aliphatic carbocycles. The summed E-state index contributed by atoms with van der Waals surface area (Å²) in [6.45, 7) is 1.38. The van der Waals surface area contributed by atoms with Crippen LogP contribution in [0.4, 0.5) is 4.79 Å². The fourth-order valence-electron chi connectivity index (χ4n) is 2.21. The van der Waals surface area contributed by atoms with Crippen LogP contribution in [0.1, 0.15) is 12.5 Å². The van der Waals surface area contributed by atoms with Crippen molar-refractivity contribution < 1.29 is 29.0 Å². The van der Waals surface area contributed by atoms with Crippen LogP contribution in [0.5, 0.6) is 11.5 Å². The van der Waals surface area contributed by atoms with E-state index in [4.69, 9.17) is 32.6 Å². The molecule has 0 bridgehead atoms. The van der Waals surface area contributed by atoms with Crippen LogP contribution in [0.3, 0.4) is 0 Å². The Morgan fingerprint density at radius 1 is 1.42 bits per heavy atom. The number of carboxylic acid groups (broad SMARTS) is 1. The summed E-state index contributed by atoms with van der Waals surface area (Å²) in [4.78, 5) is 35.2. The summed E-state index contributed by atoms with van der Waals surface area (Å²) in [6, 6.07) is 2.25. The Morgan fingerprint density at radius 2 is 2.15 bits per heavy atom. The van der Waals surface area contributed by atoms with Crippen LogP contribution in [-0.2, 0) is 9.59 Å². The molecular formula is C17H15ClN2O6. The number of amides is 3. The lowest BCUT2D eigenvalue weighted by Gasteiger charge is -2.13. The summed E-state index contributed by atoms with van der Waals surface area (Å²) in [7, 11) is 0. The third kappa shape index (κ3) is 4.26. The second-order valence-corrected chi connectivity index (χ2v) is 5.44. The number of urea groups is 1. The summed E-state index contributed by atoms with van der Waals surface area (Å²) < 4.78 is 10.8. The van der Waals surface area contributed by atoms with Gasteiger partial charge in [-0.15, -0.1) is 6.42 Å². The van der Waals surface area contributed by atoms with Crippen LogP contribution in [-0.4, -0.2) is 47.7 Å². The second kappa shape index (κ2) is 8.27. The number of nitrogens with zero attached hydrogens (tertiary/aromatic N) is 1. The minimum Gasteiger partial charge on any atom is -0.490 e. The van der Waals surface area contributed by atoms with Crippen LogP contribution in [0.2, 0.25) is 5.02 Å². The van der Waals surface area contributed by atoms with Gasteiger partial charge in [-0.25, -0.2) is 9.69 Å². The van der Waals surface area contributed by atoms with Crippen molar-refractivity contribution in [2.75, 3.05) is 19.8 Å². The first-order chi connectivity index (χ1) is 12.4. The topological polar surface area (TPSA) is 105 Å². The highest BCUT2D eigenvalue weighted by Gasteiger charge is 2.34. The van der Waals surface area contributed by atoms with Gasteiger partial charge in [0.1, 0.15) is 18.8 Å². The fraction of sp³-hybridized carbons (Fsp3) is 0.235. The van der Waals surface area contributed by atoms with E-state index in [-0.39, 0.29) is 23.1 Å². The number of benzene rings is 1. The first-order valence-electron chi connectivity index (χ1n) is 7.46. The van der Waals surface area contributed by atoms with Gasteiger partial charge in [0, 0.05) is 0 Å². The predicted octanol–water partition coefficient (Wildman–Crippen LogP) is 1.73. The minimum atomic E-state index is -1.30. The highest BCUT2D eigenvalue weighted by Crippen LogP contribution is 2.37. The lowest BCUT2D eigenvalue weighted by molar-refractivity contribution is -0.140. The van der Waals surface area contributed by atoms with Crippen molar-refractivity contribution in [3.63, 3.8) is 0 Å². The molecule has 3 amide bonds. The summed E-state index contributed by atoms with van der Waals surface area (Å²) >= 11 is 6.19. The quantitative estimate of drug-likeness (QED) is 0.425. The Bertz CT molecular complexity index is 827. The van der Waals surface area contributed by atoms with Gasteiger partial charge in [0.05, 0.1) is 11.6 Å². The molecule has 0 aromatic heterocycles. The molecule has 1 aliphatic rings. The normalized spacial score (nSPS) is 15.0. The minimum absolute atomic E-state index is 0.00107. The molecule has 1 fully saturated rings. The van der Waals surface area contributed by atoms with Crippen molar-refractivity contribution in [1.82, 2.24) is 10.2 Å². The number of aliphatic carboxylic acids is 1. The van der Waals surface area contributed by atoms with Crippen molar-refractivity contribution in [2.45, 2.75) is 6.92 Å². The zero-order valence-electron chi connectivity index (χ0n) is 13.7. The lowest BCUT2D eigenvalue weighted by Crippen LogP contribution is -2.35. The number of hydrogen-bond acceptors (Lipinski definition) is 5. The zero-order valence-corrected chi connectivity index (χ0v) is 14.5. The maximum Gasteiger partial charge on any atom is 0.329 e. The Kier molecular flexibility index (Phi) is 6.09. The van der Waals surface area contributed by atoms with E-state index in [9.17, 15) is 14.4 Å². The van der Waals surface area contributed by atoms with Gasteiger partial charge in [0.25, 0.3) is 5.91 Å². The predicted molar refractivity (Wildman–Crippen MR) is 92.8 cm³/mol. The average molecular weight is 379 g/mol. The molecule has 1 aliphatic heterocycles. The Balaban J connectivity index is 2.35. The molecule has 136 valence electrons. The molecule has 1 saturated heterocycles. The Morgan fingerprint density at radius 3 is 2.77 bits per heavy atom. The van der Waals surface area contributed by atoms with E-state index < -0.39 is 24.5 Å². The van der Waals surface area contributed by atoms with Gasteiger partial charge >= 0.3 is 12.0 Å². The van der Waals surface area contributed by atoms with Crippen molar-refractivity contribution >= 4 is 35.6 Å². The van der Waals surface area contributed by atoms with Crippen LogP contribution in [0, 0.1) is 12.3 Å². The number of carboxylic acids is 1. The van der Waals surface area contributed by atoms with Crippen LogP contribution >= 0.6 is 11.6 Å². The molecule has 0 unspecified atom stereocenters. The van der Waals surface area contributed by atoms with Crippen LogP contribution in [0.25, 0.3) is 6.08 Å². The molecule has 8 nitrogen and oxygen atoms in total. The summed E-state index contributed by atoms with van der Waals surface area (Å²) in [5.41, 5.74) is 0.374. The van der Waals surface area contributed by atoms with Crippen molar-refractivity contribution in [3.8, 4) is 23.8 Å². The van der Waals surface area contributed by atoms with Gasteiger partial charge in [-0.2, -0.15) is 0 Å². The van der Waals surface area contributed by atoms with E-state index in [0.717, 1.165) is 0 Å². The molecule has 26 heavy (non-hydrogen) atoms. The van der Waals surface area contributed by atoms with E-state index in [1.807, 2.05) is 0 Å². The molecule has 2 rings (SSSR count). The van der Waals surface area contributed by atoms with Gasteiger partial charge in [-0.3, -0.25) is 9.59 Å². The SMILES string of the molecule is C#CCOc1c(Cl)cc(/C=C2/NC(=O)N(CC(=O)O)C2=O)cc1OCC. The highest BCUT2D eigenvalue weighted by molar-refractivity contribution is 6.32. The zero-order chi connectivity index (χ0) is 19.3. The lowest BCUT2D eigenvalue weighted by atomic mass is 10.1. The smallest absolute Gasteiger partial charge is 0.329 e. The number of carbonyl (C=O) groups excluding carboxylic acids is 2. The fourth-order valence-corrected chi connectivity index (χ4v) is 2.48. The summed E-state index contributed by atoms with van der Waals surface area (Å²) in [6.07, 6.45) is 6.54. The summed E-state index contributed by atoms with van der Waals surface area (Å²) in [5, 5.41) is 11.3. The van der Waals surface area contributed by atoms with E-state index in [1.165, 1.54) is 12.1 Å². The average Bonchev–Trinajstić information content (AvgIpc) is 2.81. The molecule has 0 spiro atoms. The monoisotopic (exact) mass is 378 g/mol. The van der Waals surface area contributed by atoms with Crippen LogP contribution in [0.15, 0.2) is 17.8 Å². The van der Waals surface area contributed by atoms with E-state index in [2.05, 4.69) is 11.2 Å². The molecule has 0 saturated carbocycles. The summed E-state index contributed by atoms with van der Waals surface area (Å²) in [5.74, 6) is 0.860. The second-order valence-electron chi connectivity index (χ2n) is 5.03. The molecular weight excluding hydrogens is 364 g/mol. The number of hydrogen-bond donors (Lipinski definition) is 2. The first-order valence-corrected chi connectivity index (χ1v) is 7.84. The van der Waals surface area contributed by atoms with Gasteiger partial charge in [0.2, 0.25) is 0 Å². The number of halogens is 1. The molecule has 2 N–H and O–H groups in total. The molecule has 0 atom stereocenters. The third-order valence-electron chi connectivity index (χ3n) is 3.20. The number of terminal acetylenes is 1. The van der Waals surface area contributed by atoms with E-state index in [0.29, 0.717) is 22.8 Å². The van der Waals surface area contributed by atoms with Crippen LogP contribution < -0.4 is 14.8 Å². The molecule has 9 heteroatoms. The van der Waals surface area contributed by atoms with Gasteiger partial charge in [-0.05, 0) is 30.7 Å². The van der Waals surface area contributed by atoms with Crippen molar-refractivity contribution in [3.05, 3.63) is 28.4 Å². The standard InChI is InChI=1S/C17H15ClN2O6/c1-3-5-26-15-11(18)6-10(8-13(15)25-4-2)7-12-16(23)20(9-14(21)22)17(24)19-12/h1,6-8H,4-5,9H2,2H3,(H,19,24)(H,21,22)/b12-7+. The number of rotatable bonds is 7. The number of carbonyl (C=O) groups is 3.